The van der Waals surface area contributed by atoms with Crippen LogP contribution in [-0.2, 0) is 0 Å². The zero-order valence-electron chi connectivity index (χ0n) is 8.72. The third kappa shape index (κ3) is 5.12. The maximum atomic E-state index is 5.92. The van der Waals surface area contributed by atoms with Crippen molar-refractivity contribution in [1.29, 1.82) is 0 Å². The second-order valence-electron chi connectivity index (χ2n) is 3.13. The SMILES string of the molecule is CCNCCCSc1ccc(Cl)c(Cl)c1. The lowest BCUT2D eigenvalue weighted by Gasteiger charge is -2.03. The topological polar surface area (TPSA) is 12.0 Å². The summed E-state index contributed by atoms with van der Waals surface area (Å²) in [6.45, 7) is 4.23. The third-order valence-electron chi connectivity index (χ3n) is 1.91. The molecule has 0 unspecified atom stereocenters. The number of halogens is 2. The molecular weight excluding hydrogens is 249 g/mol. The molecule has 4 heteroatoms. The van der Waals surface area contributed by atoms with Gasteiger partial charge in [-0.25, -0.2) is 0 Å². The monoisotopic (exact) mass is 263 g/mol. The molecule has 0 spiro atoms. The minimum atomic E-state index is 0.619. The van der Waals surface area contributed by atoms with E-state index in [0.29, 0.717) is 10.0 Å². The van der Waals surface area contributed by atoms with Crippen LogP contribution in [0, 0.1) is 0 Å². The Balaban J connectivity index is 2.28. The molecule has 0 aliphatic heterocycles. The summed E-state index contributed by atoms with van der Waals surface area (Å²) in [6.07, 6.45) is 1.17. The van der Waals surface area contributed by atoms with E-state index in [1.54, 1.807) is 0 Å². The Labute approximate surface area is 106 Å². The molecule has 0 aliphatic carbocycles. The minimum absolute atomic E-state index is 0.619. The number of thioether (sulfide) groups is 1. The largest absolute Gasteiger partial charge is 0.317 e. The van der Waals surface area contributed by atoms with Crippen molar-refractivity contribution in [3.05, 3.63) is 28.2 Å². The predicted molar refractivity (Wildman–Crippen MR) is 70.3 cm³/mol. The first-order valence-corrected chi connectivity index (χ1v) is 6.76. The van der Waals surface area contributed by atoms with Crippen molar-refractivity contribution in [2.45, 2.75) is 18.2 Å². The summed E-state index contributed by atoms with van der Waals surface area (Å²) in [5, 5.41) is 4.55. The Morgan fingerprint density at radius 3 is 2.73 bits per heavy atom. The summed E-state index contributed by atoms with van der Waals surface area (Å²) in [5.41, 5.74) is 0. The van der Waals surface area contributed by atoms with E-state index in [1.807, 2.05) is 30.0 Å². The summed E-state index contributed by atoms with van der Waals surface area (Å²) in [4.78, 5) is 1.18. The van der Waals surface area contributed by atoms with Gasteiger partial charge in [0.15, 0.2) is 0 Å². The number of benzene rings is 1. The van der Waals surface area contributed by atoms with E-state index in [1.165, 1.54) is 11.3 Å². The van der Waals surface area contributed by atoms with Crippen LogP contribution < -0.4 is 5.32 Å². The standard InChI is InChI=1S/C11H15Cl2NS/c1-2-14-6-3-7-15-9-4-5-10(12)11(13)8-9/h4-5,8,14H,2-3,6-7H2,1H3. The van der Waals surface area contributed by atoms with Crippen molar-refractivity contribution in [1.82, 2.24) is 5.32 Å². The molecule has 0 amide bonds. The lowest BCUT2D eigenvalue weighted by molar-refractivity contribution is 0.707. The average Bonchev–Trinajstić information content (AvgIpc) is 2.23. The summed E-state index contributed by atoms with van der Waals surface area (Å²) in [5.74, 6) is 1.10. The molecule has 0 fully saturated rings. The maximum Gasteiger partial charge on any atom is 0.0603 e. The van der Waals surface area contributed by atoms with Crippen molar-refractivity contribution in [3.8, 4) is 0 Å². The van der Waals surface area contributed by atoms with Gasteiger partial charge >= 0.3 is 0 Å². The molecule has 1 N–H and O–H groups in total. The first kappa shape index (κ1) is 13.2. The van der Waals surface area contributed by atoms with Crippen LogP contribution in [0.1, 0.15) is 13.3 Å². The summed E-state index contributed by atoms with van der Waals surface area (Å²) in [6, 6.07) is 5.77. The highest BCUT2D eigenvalue weighted by Crippen LogP contribution is 2.28. The van der Waals surface area contributed by atoms with Crippen molar-refractivity contribution in [2.24, 2.45) is 0 Å². The molecule has 15 heavy (non-hydrogen) atoms. The third-order valence-corrected chi connectivity index (χ3v) is 3.73. The second kappa shape index (κ2) is 7.39. The zero-order chi connectivity index (χ0) is 11.1. The minimum Gasteiger partial charge on any atom is -0.317 e. The van der Waals surface area contributed by atoms with E-state index >= 15 is 0 Å². The van der Waals surface area contributed by atoms with Crippen molar-refractivity contribution < 1.29 is 0 Å². The predicted octanol–water partition coefficient (Wildman–Crippen LogP) is 4.09. The van der Waals surface area contributed by atoms with Gasteiger partial charge in [-0.1, -0.05) is 30.1 Å². The second-order valence-corrected chi connectivity index (χ2v) is 5.11. The van der Waals surface area contributed by atoms with Crippen molar-refractivity contribution >= 4 is 35.0 Å². The van der Waals surface area contributed by atoms with Gasteiger partial charge in [0, 0.05) is 4.90 Å². The quantitative estimate of drug-likeness (QED) is 0.613. The highest BCUT2D eigenvalue weighted by Gasteiger charge is 1.99. The van der Waals surface area contributed by atoms with E-state index in [0.717, 1.165) is 18.8 Å². The van der Waals surface area contributed by atoms with Crippen LogP contribution in [0.25, 0.3) is 0 Å². The van der Waals surface area contributed by atoms with Gasteiger partial charge in [-0.05, 0) is 43.5 Å². The molecule has 0 atom stereocenters. The van der Waals surface area contributed by atoms with Gasteiger partial charge in [0.1, 0.15) is 0 Å². The van der Waals surface area contributed by atoms with Gasteiger partial charge in [-0.15, -0.1) is 11.8 Å². The van der Waals surface area contributed by atoms with Gasteiger partial charge in [0.05, 0.1) is 10.0 Å². The van der Waals surface area contributed by atoms with E-state index in [2.05, 4.69) is 12.2 Å². The molecule has 0 radical (unpaired) electrons. The fourth-order valence-corrected chi connectivity index (χ4v) is 2.38. The molecule has 0 heterocycles. The molecule has 1 aromatic rings. The Bertz CT molecular complexity index is 305. The van der Waals surface area contributed by atoms with Gasteiger partial charge < -0.3 is 5.32 Å². The van der Waals surface area contributed by atoms with E-state index in [-0.39, 0.29) is 0 Å². The molecule has 1 nitrogen and oxygen atoms in total. The van der Waals surface area contributed by atoms with E-state index < -0.39 is 0 Å². The van der Waals surface area contributed by atoms with Crippen LogP contribution >= 0.6 is 35.0 Å². The number of hydrogen-bond donors (Lipinski definition) is 1. The fraction of sp³-hybridized carbons (Fsp3) is 0.455. The number of rotatable bonds is 6. The summed E-state index contributed by atoms with van der Waals surface area (Å²) >= 11 is 13.6. The van der Waals surface area contributed by atoms with E-state index in [4.69, 9.17) is 23.2 Å². The Kier molecular flexibility index (Phi) is 6.50. The van der Waals surface area contributed by atoms with E-state index in [9.17, 15) is 0 Å². The highest BCUT2D eigenvalue weighted by atomic mass is 35.5. The fourth-order valence-electron chi connectivity index (χ4n) is 1.13. The highest BCUT2D eigenvalue weighted by molar-refractivity contribution is 7.99. The number of nitrogens with one attached hydrogen (secondary N) is 1. The lowest BCUT2D eigenvalue weighted by Crippen LogP contribution is -2.14. The van der Waals surface area contributed by atoms with Gasteiger partial charge in [0.25, 0.3) is 0 Å². The molecule has 0 aromatic heterocycles. The first-order chi connectivity index (χ1) is 7.24. The molecule has 0 saturated carbocycles. The Morgan fingerprint density at radius 1 is 1.27 bits per heavy atom. The molecule has 0 saturated heterocycles. The average molecular weight is 264 g/mol. The molecule has 1 rings (SSSR count). The van der Waals surface area contributed by atoms with Crippen LogP contribution in [0.2, 0.25) is 10.0 Å². The van der Waals surface area contributed by atoms with Crippen LogP contribution in [0.15, 0.2) is 23.1 Å². The van der Waals surface area contributed by atoms with Gasteiger partial charge in [0.2, 0.25) is 0 Å². The molecule has 0 bridgehead atoms. The van der Waals surface area contributed by atoms with Crippen molar-refractivity contribution in [2.75, 3.05) is 18.8 Å². The van der Waals surface area contributed by atoms with Gasteiger partial charge in [-0.2, -0.15) is 0 Å². The smallest absolute Gasteiger partial charge is 0.0603 e. The normalized spacial score (nSPS) is 10.6. The van der Waals surface area contributed by atoms with Crippen molar-refractivity contribution in [3.63, 3.8) is 0 Å². The number of hydrogen-bond acceptors (Lipinski definition) is 2. The summed E-state index contributed by atoms with van der Waals surface area (Å²) < 4.78 is 0. The maximum absolute atomic E-state index is 5.92. The van der Waals surface area contributed by atoms with Crippen LogP contribution in [0.4, 0.5) is 0 Å². The first-order valence-electron chi connectivity index (χ1n) is 5.02. The Morgan fingerprint density at radius 2 is 2.07 bits per heavy atom. The Hall–Kier alpha value is 0.110. The molecule has 1 aromatic carbocycles. The molecular formula is C11H15Cl2NS. The summed E-state index contributed by atoms with van der Waals surface area (Å²) in [7, 11) is 0. The zero-order valence-corrected chi connectivity index (χ0v) is 11.1. The lowest BCUT2D eigenvalue weighted by atomic mass is 10.4. The van der Waals surface area contributed by atoms with Crippen LogP contribution in [0.5, 0.6) is 0 Å². The van der Waals surface area contributed by atoms with Gasteiger partial charge in [-0.3, -0.25) is 0 Å². The molecule has 84 valence electrons. The molecule has 0 aliphatic rings. The van der Waals surface area contributed by atoms with Crippen LogP contribution in [0.3, 0.4) is 0 Å². The van der Waals surface area contributed by atoms with Crippen LogP contribution in [-0.4, -0.2) is 18.8 Å².